The highest BCUT2D eigenvalue weighted by Crippen LogP contribution is 2.09. The minimum atomic E-state index is -0.282. The summed E-state index contributed by atoms with van der Waals surface area (Å²) < 4.78 is 0. The highest BCUT2D eigenvalue weighted by molar-refractivity contribution is 6.30. The normalized spacial score (nSPS) is 14.2. The smallest absolute Gasteiger partial charge is 0.270 e. The molecule has 0 aliphatic heterocycles. The van der Waals surface area contributed by atoms with Gasteiger partial charge in [-0.3, -0.25) is 9.78 Å². The third kappa shape index (κ3) is 3.47. The Balaban J connectivity index is 2.66. The number of nitrogens with zero attached hydrogens (tertiary/aromatic N) is 1. The summed E-state index contributed by atoms with van der Waals surface area (Å²) in [6, 6.07) is 3.00. The zero-order valence-electron chi connectivity index (χ0n) is 9.27. The number of aliphatic hydroxyl groups excluding tert-OH is 1. The van der Waals surface area contributed by atoms with Crippen molar-refractivity contribution in [3.8, 4) is 0 Å². The van der Waals surface area contributed by atoms with Crippen LogP contribution >= 0.6 is 11.6 Å². The van der Waals surface area contributed by atoms with Crippen LogP contribution in [0.4, 0.5) is 0 Å². The first-order valence-electron chi connectivity index (χ1n) is 5.08. The lowest BCUT2D eigenvalue weighted by atomic mass is 10.1. The number of carbonyl (C=O) groups is 1. The summed E-state index contributed by atoms with van der Waals surface area (Å²) in [5, 5.41) is 12.2. The van der Waals surface area contributed by atoms with E-state index in [-0.39, 0.29) is 30.2 Å². The van der Waals surface area contributed by atoms with Crippen molar-refractivity contribution in [2.75, 3.05) is 6.61 Å². The number of halogens is 1. The number of nitrogens with one attached hydrogen (secondary N) is 1. The van der Waals surface area contributed by atoms with E-state index >= 15 is 0 Å². The van der Waals surface area contributed by atoms with E-state index in [2.05, 4.69) is 10.3 Å². The molecule has 1 aromatic heterocycles. The average Bonchev–Trinajstić information content (AvgIpc) is 2.27. The van der Waals surface area contributed by atoms with Gasteiger partial charge in [-0.05, 0) is 25.0 Å². The van der Waals surface area contributed by atoms with Crippen molar-refractivity contribution >= 4 is 17.5 Å². The maximum atomic E-state index is 11.7. The quantitative estimate of drug-likeness (QED) is 0.841. The summed E-state index contributed by atoms with van der Waals surface area (Å²) in [5.74, 6) is -0.279. The van der Waals surface area contributed by atoms with Crippen LogP contribution in [0, 0.1) is 5.92 Å². The number of amides is 1. The van der Waals surface area contributed by atoms with Crippen molar-refractivity contribution in [1.82, 2.24) is 10.3 Å². The molecule has 0 saturated heterocycles. The molecule has 5 heteroatoms. The lowest BCUT2D eigenvalue weighted by Crippen LogP contribution is -2.38. The van der Waals surface area contributed by atoms with Crippen LogP contribution in [0.2, 0.25) is 5.02 Å². The minimum absolute atomic E-state index is 0.00290. The van der Waals surface area contributed by atoms with E-state index in [1.165, 1.54) is 12.3 Å². The summed E-state index contributed by atoms with van der Waals surface area (Å²) in [7, 11) is 0. The molecule has 1 amide bonds. The third-order valence-corrected chi connectivity index (χ3v) is 2.69. The van der Waals surface area contributed by atoms with Crippen molar-refractivity contribution < 1.29 is 9.90 Å². The van der Waals surface area contributed by atoms with Crippen molar-refractivity contribution in [2.24, 2.45) is 5.92 Å². The topological polar surface area (TPSA) is 62.2 Å². The van der Waals surface area contributed by atoms with E-state index in [9.17, 15) is 4.79 Å². The number of hydrogen-bond acceptors (Lipinski definition) is 3. The molecule has 1 rings (SSSR count). The van der Waals surface area contributed by atoms with Crippen molar-refractivity contribution in [1.29, 1.82) is 0 Å². The van der Waals surface area contributed by atoms with E-state index in [1.54, 1.807) is 6.07 Å². The summed E-state index contributed by atoms with van der Waals surface area (Å²) in [4.78, 5) is 15.6. The highest BCUT2D eigenvalue weighted by Gasteiger charge is 2.15. The fourth-order valence-corrected chi connectivity index (χ4v) is 1.27. The molecule has 0 aliphatic rings. The second kappa shape index (κ2) is 5.82. The Labute approximate surface area is 99.6 Å². The first kappa shape index (κ1) is 12.9. The second-order valence-electron chi connectivity index (χ2n) is 3.78. The molecule has 0 saturated carbocycles. The molecular formula is C11H15ClN2O2. The summed E-state index contributed by atoms with van der Waals surface area (Å²) >= 11 is 5.76. The fourth-order valence-electron chi connectivity index (χ4n) is 1.11. The molecule has 0 fully saturated rings. The standard InChI is InChI=1S/C11H15ClN2O2/c1-7(6-15)8(2)14-11(16)10-5-9(12)3-4-13-10/h3-5,7-8,15H,6H2,1-2H3,(H,14,16). The average molecular weight is 243 g/mol. The molecule has 0 aromatic carbocycles. The SMILES string of the molecule is CC(CO)C(C)NC(=O)c1cc(Cl)ccn1. The predicted octanol–water partition coefficient (Wildman–Crippen LogP) is 1.48. The Morgan fingerprint density at radius 2 is 2.31 bits per heavy atom. The van der Waals surface area contributed by atoms with Gasteiger partial charge in [-0.15, -0.1) is 0 Å². The lowest BCUT2D eigenvalue weighted by molar-refractivity contribution is 0.0911. The van der Waals surface area contributed by atoms with Gasteiger partial charge in [0.2, 0.25) is 0 Å². The van der Waals surface area contributed by atoms with Gasteiger partial charge in [-0.1, -0.05) is 18.5 Å². The van der Waals surface area contributed by atoms with Crippen LogP contribution in [-0.2, 0) is 0 Å². The zero-order valence-corrected chi connectivity index (χ0v) is 10.0. The van der Waals surface area contributed by atoms with Gasteiger partial charge >= 0.3 is 0 Å². The maximum Gasteiger partial charge on any atom is 0.270 e. The molecule has 2 N–H and O–H groups in total. The van der Waals surface area contributed by atoms with Gasteiger partial charge in [-0.25, -0.2) is 0 Å². The van der Waals surface area contributed by atoms with Gasteiger partial charge in [0.1, 0.15) is 5.69 Å². The molecule has 2 unspecified atom stereocenters. The fraction of sp³-hybridized carbons (Fsp3) is 0.455. The van der Waals surface area contributed by atoms with Gasteiger partial charge in [0.25, 0.3) is 5.91 Å². The number of carbonyl (C=O) groups excluding carboxylic acids is 1. The Morgan fingerprint density at radius 3 is 2.88 bits per heavy atom. The van der Waals surface area contributed by atoms with Crippen LogP contribution in [0.5, 0.6) is 0 Å². The van der Waals surface area contributed by atoms with E-state index in [0.717, 1.165) is 0 Å². The predicted molar refractivity (Wildman–Crippen MR) is 62.4 cm³/mol. The summed E-state index contributed by atoms with van der Waals surface area (Å²) in [6.45, 7) is 3.73. The molecule has 2 atom stereocenters. The first-order chi connectivity index (χ1) is 7.54. The van der Waals surface area contributed by atoms with Gasteiger partial charge in [0.05, 0.1) is 0 Å². The molecule has 0 aliphatic carbocycles. The highest BCUT2D eigenvalue weighted by atomic mass is 35.5. The van der Waals surface area contributed by atoms with Crippen molar-refractivity contribution in [3.05, 3.63) is 29.0 Å². The number of rotatable bonds is 4. The first-order valence-corrected chi connectivity index (χ1v) is 5.45. The minimum Gasteiger partial charge on any atom is -0.396 e. The third-order valence-electron chi connectivity index (χ3n) is 2.45. The number of aliphatic hydroxyl groups is 1. The van der Waals surface area contributed by atoms with Crippen LogP contribution < -0.4 is 5.32 Å². The molecule has 88 valence electrons. The van der Waals surface area contributed by atoms with E-state index in [0.29, 0.717) is 5.02 Å². The van der Waals surface area contributed by atoms with Gasteiger partial charge in [0, 0.05) is 23.9 Å². The lowest BCUT2D eigenvalue weighted by Gasteiger charge is -2.18. The molecule has 1 heterocycles. The molecule has 0 bridgehead atoms. The summed E-state index contributed by atoms with van der Waals surface area (Å²) in [6.07, 6.45) is 1.48. The molecule has 1 aromatic rings. The molecule has 16 heavy (non-hydrogen) atoms. The number of aromatic nitrogens is 1. The maximum absolute atomic E-state index is 11.7. The Kier molecular flexibility index (Phi) is 4.71. The summed E-state index contributed by atoms with van der Waals surface area (Å²) in [5.41, 5.74) is 0.282. The second-order valence-corrected chi connectivity index (χ2v) is 4.22. The van der Waals surface area contributed by atoms with E-state index in [1.807, 2.05) is 13.8 Å². The Hall–Kier alpha value is -1.13. The Bertz CT molecular complexity index is 371. The van der Waals surface area contributed by atoms with E-state index < -0.39 is 0 Å². The molecular weight excluding hydrogens is 228 g/mol. The zero-order chi connectivity index (χ0) is 12.1. The van der Waals surface area contributed by atoms with Crippen LogP contribution in [0.15, 0.2) is 18.3 Å². The monoisotopic (exact) mass is 242 g/mol. The van der Waals surface area contributed by atoms with E-state index in [4.69, 9.17) is 16.7 Å². The number of hydrogen-bond donors (Lipinski definition) is 2. The Morgan fingerprint density at radius 1 is 1.62 bits per heavy atom. The number of pyridine rings is 1. The molecule has 0 radical (unpaired) electrons. The molecule has 0 spiro atoms. The van der Waals surface area contributed by atoms with Crippen LogP contribution in [0.3, 0.4) is 0 Å². The van der Waals surface area contributed by atoms with Crippen LogP contribution in [0.25, 0.3) is 0 Å². The van der Waals surface area contributed by atoms with Gasteiger partial charge in [-0.2, -0.15) is 0 Å². The van der Waals surface area contributed by atoms with Gasteiger partial charge < -0.3 is 10.4 Å². The van der Waals surface area contributed by atoms with Crippen LogP contribution in [0.1, 0.15) is 24.3 Å². The van der Waals surface area contributed by atoms with Crippen LogP contribution in [-0.4, -0.2) is 28.6 Å². The largest absolute Gasteiger partial charge is 0.396 e. The van der Waals surface area contributed by atoms with Crippen molar-refractivity contribution in [2.45, 2.75) is 19.9 Å². The molecule has 4 nitrogen and oxygen atoms in total. The van der Waals surface area contributed by atoms with Crippen molar-refractivity contribution in [3.63, 3.8) is 0 Å². The van der Waals surface area contributed by atoms with Gasteiger partial charge in [0.15, 0.2) is 0 Å².